The van der Waals surface area contributed by atoms with Gasteiger partial charge in [0.2, 0.25) is 0 Å². The number of aromatic nitrogens is 3. The third-order valence-corrected chi connectivity index (χ3v) is 4.21. The smallest absolute Gasteiger partial charge is 0.257 e. The van der Waals surface area contributed by atoms with E-state index in [1.807, 2.05) is 29.5 Å². The molecule has 1 aliphatic heterocycles. The molecular weight excluding hydrogens is 298 g/mol. The second kappa shape index (κ2) is 6.74. The average molecular weight is 315 g/mol. The molecule has 2 aromatic rings. The second-order valence-electron chi connectivity index (χ2n) is 4.95. The van der Waals surface area contributed by atoms with Crippen LogP contribution in [0, 0.1) is 0 Å². The van der Waals surface area contributed by atoms with Crippen molar-refractivity contribution in [3.63, 3.8) is 0 Å². The minimum atomic E-state index is -0.00140. The average Bonchev–Trinajstić information content (AvgIpc) is 2.62. The van der Waals surface area contributed by atoms with E-state index in [-0.39, 0.29) is 5.91 Å². The van der Waals surface area contributed by atoms with Crippen molar-refractivity contribution in [3.8, 4) is 0 Å². The van der Waals surface area contributed by atoms with Gasteiger partial charge in [-0.3, -0.25) is 9.78 Å². The maximum atomic E-state index is 12.5. The Labute approximate surface area is 133 Å². The van der Waals surface area contributed by atoms with Crippen molar-refractivity contribution in [1.82, 2.24) is 19.9 Å². The molecule has 0 saturated carbocycles. The molecular formula is C15H17N5OS. The minimum Gasteiger partial charge on any atom is -0.367 e. The van der Waals surface area contributed by atoms with Gasteiger partial charge in [0, 0.05) is 44.8 Å². The van der Waals surface area contributed by atoms with Crippen LogP contribution in [-0.2, 0) is 0 Å². The zero-order valence-electron chi connectivity index (χ0n) is 12.3. The molecule has 0 radical (unpaired) electrons. The molecule has 0 spiro atoms. The highest BCUT2D eigenvalue weighted by Crippen LogP contribution is 2.16. The monoisotopic (exact) mass is 315 g/mol. The number of hydrogen-bond donors (Lipinski definition) is 0. The molecule has 22 heavy (non-hydrogen) atoms. The Morgan fingerprint density at radius 3 is 2.45 bits per heavy atom. The van der Waals surface area contributed by atoms with Gasteiger partial charge in [-0.05, 0) is 18.4 Å². The van der Waals surface area contributed by atoms with Crippen molar-refractivity contribution in [2.75, 3.05) is 37.3 Å². The summed E-state index contributed by atoms with van der Waals surface area (Å²) in [6.45, 7) is 3.00. The summed E-state index contributed by atoms with van der Waals surface area (Å²) in [6, 6.07) is 3.97. The van der Waals surface area contributed by atoms with Crippen LogP contribution in [0.3, 0.4) is 0 Å². The van der Waals surface area contributed by atoms with Crippen LogP contribution in [0.1, 0.15) is 10.4 Å². The molecule has 0 aromatic carbocycles. The maximum Gasteiger partial charge on any atom is 0.257 e. The maximum absolute atomic E-state index is 12.5. The Hall–Kier alpha value is -2.15. The topological polar surface area (TPSA) is 62.2 Å². The molecule has 1 amide bonds. The third kappa shape index (κ3) is 3.19. The predicted molar refractivity (Wildman–Crippen MR) is 86.2 cm³/mol. The van der Waals surface area contributed by atoms with E-state index in [4.69, 9.17) is 0 Å². The SMILES string of the molecule is CSc1ncc(C(=O)N2CCN(c3cccnc3)CC2)cn1. The number of carbonyl (C=O) groups is 1. The van der Waals surface area contributed by atoms with Gasteiger partial charge in [0.15, 0.2) is 5.16 Å². The number of rotatable bonds is 3. The molecule has 2 aromatic heterocycles. The lowest BCUT2D eigenvalue weighted by atomic mass is 10.2. The number of thioether (sulfide) groups is 1. The second-order valence-corrected chi connectivity index (χ2v) is 5.72. The van der Waals surface area contributed by atoms with Gasteiger partial charge in [0.25, 0.3) is 5.91 Å². The lowest BCUT2D eigenvalue weighted by Crippen LogP contribution is -2.48. The summed E-state index contributed by atoms with van der Waals surface area (Å²) in [7, 11) is 0. The molecule has 3 rings (SSSR count). The first-order valence-corrected chi connectivity index (χ1v) is 8.30. The number of piperazine rings is 1. The molecule has 7 heteroatoms. The normalized spacial score (nSPS) is 15.0. The summed E-state index contributed by atoms with van der Waals surface area (Å²) in [4.78, 5) is 29.0. The highest BCUT2D eigenvalue weighted by molar-refractivity contribution is 7.98. The first kappa shape index (κ1) is 14.8. The van der Waals surface area contributed by atoms with Gasteiger partial charge in [-0.2, -0.15) is 0 Å². The predicted octanol–water partition coefficient (Wildman–Crippen LogP) is 1.56. The van der Waals surface area contributed by atoms with Crippen molar-refractivity contribution in [3.05, 3.63) is 42.5 Å². The highest BCUT2D eigenvalue weighted by Gasteiger charge is 2.22. The summed E-state index contributed by atoms with van der Waals surface area (Å²) >= 11 is 1.46. The lowest BCUT2D eigenvalue weighted by Gasteiger charge is -2.35. The number of carbonyl (C=O) groups excluding carboxylic acids is 1. The van der Waals surface area contributed by atoms with E-state index in [2.05, 4.69) is 19.9 Å². The number of nitrogens with zero attached hydrogens (tertiary/aromatic N) is 5. The van der Waals surface area contributed by atoms with Gasteiger partial charge in [-0.1, -0.05) is 11.8 Å². The zero-order valence-corrected chi connectivity index (χ0v) is 13.2. The molecule has 0 aliphatic carbocycles. The van der Waals surface area contributed by atoms with E-state index in [1.165, 1.54) is 11.8 Å². The fourth-order valence-electron chi connectivity index (χ4n) is 2.42. The Morgan fingerprint density at radius 1 is 1.14 bits per heavy atom. The van der Waals surface area contributed by atoms with E-state index >= 15 is 0 Å². The molecule has 1 saturated heterocycles. The third-order valence-electron chi connectivity index (χ3n) is 3.64. The number of amides is 1. The highest BCUT2D eigenvalue weighted by atomic mass is 32.2. The van der Waals surface area contributed by atoms with Gasteiger partial charge in [-0.15, -0.1) is 0 Å². The van der Waals surface area contributed by atoms with E-state index in [0.29, 0.717) is 23.8 Å². The van der Waals surface area contributed by atoms with Crippen molar-refractivity contribution < 1.29 is 4.79 Å². The lowest BCUT2D eigenvalue weighted by molar-refractivity contribution is 0.0745. The summed E-state index contributed by atoms with van der Waals surface area (Å²) in [5.74, 6) is -0.00140. The zero-order chi connectivity index (χ0) is 15.4. The Kier molecular flexibility index (Phi) is 4.53. The summed E-state index contributed by atoms with van der Waals surface area (Å²) in [5.41, 5.74) is 1.65. The van der Waals surface area contributed by atoms with Gasteiger partial charge >= 0.3 is 0 Å². The van der Waals surface area contributed by atoms with Crippen LogP contribution in [-0.4, -0.2) is 58.2 Å². The van der Waals surface area contributed by atoms with Crippen LogP contribution in [0.5, 0.6) is 0 Å². The van der Waals surface area contributed by atoms with E-state index in [9.17, 15) is 4.79 Å². The molecule has 114 valence electrons. The molecule has 3 heterocycles. The standard InChI is InChI=1S/C15H17N5OS/c1-22-15-17-9-12(10-18-15)14(21)20-7-5-19(6-8-20)13-3-2-4-16-11-13/h2-4,9-11H,5-8H2,1H3. The van der Waals surface area contributed by atoms with Crippen molar-refractivity contribution >= 4 is 23.4 Å². The van der Waals surface area contributed by atoms with Crippen LogP contribution >= 0.6 is 11.8 Å². The summed E-state index contributed by atoms with van der Waals surface area (Å²) in [6.07, 6.45) is 8.74. The molecule has 1 fully saturated rings. The Balaban J connectivity index is 1.62. The number of hydrogen-bond acceptors (Lipinski definition) is 6. The van der Waals surface area contributed by atoms with Crippen LogP contribution in [0.25, 0.3) is 0 Å². The first-order valence-electron chi connectivity index (χ1n) is 7.08. The molecule has 1 aliphatic rings. The van der Waals surface area contributed by atoms with Gasteiger partial charge in [-0.25, -0.2) is 9.97 Å². The number of anilines is 1. The molecule has 0 bridgehead atoms. The van der Waals surface area contributed by atoms with Gasteiger partial charge in [0.1, 0.15) is 0 Å². The Morgan fingerprint density at radius 2 is 1.86 bits per heavy atom. The summed E-state index contributed by atoms with van der Waals surface area (Å²) < 4.78 is 0. The number of pyridine rings is 1. The van der Waals surface area contributed by atoms with Gasteiger partial charge < -0.3 is 9.80 Å². The first-order chi connectivity index (χ1) is 10.8. The van der Waals surface area contributed by atoms with Crippen LogP contribution in [0.2, 0.25) is 0 Å². The molecule has 0 N–H and O–H groups in total. The molecule has 0 atom stereocenters. The molecule has 6 nitrogen and oxygen atoms in total. The van der Waals surface area contributed by atoms with E-state index in [1.54, 1.807) is 18.6 Å². The van der Waals surface area contributed by atoms with Crippen molar-refractivity contribution in [2.45, 2.75) is 5.16 Å². The van der Waals surface area contributed by atoms with Crippen molar-refractivity contribution in [1.29, 1.82) is 0 Å². The van der Waals surface area contributed by atoms with E-state index in [0.717, 1.165) is 18.8 Å². The molecule has 0 unspecified atom stereocenters. The quantitative estimate of drug-likeness (QED) is 0.633. The minimum absolute atomic E-state index is 0.00140. The van der Waals surface area contributed by atoms with Crippen LogP contribution in [0.4, 0.5) is 5.69 Å². The van der Waals surface area contributed by atoms with Crippen LogP contribution < -0.4 is 4.90 Å². The van der Waals surface area contributed by atoms with Gasteiger partial charge in [0.05, 0.1) is 17.4 Å². The van der Waals surface area contributed by atoms with Crippen molar-refractivity contribution in [2.24, 2.45) is 0 Å². The fraction of sp³-hybridized carbons (Fsp3) is 0.333. The van der Waals surface area contributed by atoms with Crippen LogP contribution in [0.15, 0.2) is 42.1 Å². The largest absolute Gasteiger partial charge is 0.367 e. The fourth-order valence-corrected chi connectivity index (χ4v) is 2.74. The Bertz CT molecular complexity index is 626. The van der Waals surface area contributed by atoms with E-state index < -0.39 is 0 Å². The summed E-state index contributed by atoms with van der Waals surface area (Å²) in [5, 5.41) is 0.679.